The largest absolute Gasteiger partial charge is 0.503 e. The number of rotatable bonds is 7. The summed E-state index contributed by atoms with van der Waals surface area (Å²) in [5, 5.41) is 11.3. The molecule has 1 heterocycles. The Kier molecular flexibility index (Phi) is 6.98. The van der Waals surface area contributed by atoms with Crippen LogP contribution < -0.4 is 0 Å². The molecule has 0 saturated carbocycles. The van der Waals surface area contributed by atoms with Gasteiger partial charge in [0.1, 0.15) is 0 Å². The fraction of sp³-hybridized carbons (Fsp3) is 0.217. The van der Waals surface area contributed by atoms with Gasteiger partial charge in [0.2, 0.25) is 0 Å². The van der Waals surface area contributed by atoms with E-state index in [0.717, 1.165) is 5.56 Å². The molecule has 3 rings (SSSR count). The van der Waals surface area contributed by atoms with Crippen molar-refractivity contribution in [3.63, 3.8) is 0 Å². The van der Waals surface area contributed by atoms with Gasteiger partial charge in [0.05, 0.1) is 21.7 Å². The Balaban J connectivity index is 2.00. The lowest BCUT2D eigenvalue weighted by Crippen LogP contribution is -2.36. The number of allylic oxidation sites excluding steroid dienone is 1. The number of carbonyl (C=O) groups is 2. The van der Waals surface area contributed by atoms with E-state index in [2.05, 4.69) is 0 Å². The Morgan fingerprint density at radius 2 is 1.83 bits per heavy atom. The quantitative estimate of drug-likeness (QED) is 0.637. The minimum absolute atomic E-state index is 0.0318. The Labute approximate surface area is 185 Å². The van der Waals surface area contributed by atoms with Gasteiger partial charge in [-0.1, -0.05) is 65.7 Å². The number of nitrogens with zero attached hydrogens (tertiary/aromatic N) is 2. The number of carbonyl (C=O) groups excluding carboxylic acids is 2. The van der Waals surface area contributed by atoms with Gasteiger partial charge in [-0.25, -0.2) is 0 Å². The number of benzene rings is 2. The number of amides is 1. The Morgan fingerprint density at radius 3 is 2.47 bits per heavy atom. The molecule has 0 aliphatic carbocycles. The van der Waals surface area contributed by atoms with Crippen LogP contribution in [-0.2, 0) is 9.59 Å². The van der Waals surface area contributed by atoms with E-state index in [1.807, 2.05) is 49.3 Å². The monoisotopic (exact) mass is 444 g/mol. The van der Waals surface area contributed by atoms with Crippen molar-refractivity contribution >= 4 is 41.0 Å². The average Bonchev–Trinajstić information content (AvgIpc) is 2.98. The first-order valence-corrected chi connectivity index (χ1v) is 10.2. The van der Waals surface area contributed by atoms with E-state index < -0.39 is 23.5 Å². The molecule has 1 aliphatic heterocycles. The van der Waals surface area contributed by atoms with Gasteiger partial charge >= 0.3 is 0 Å². The van der Waals surface area contributed by atoms with Gasteiger partial charge in [-0.3, -0.25) is 9.59 Å². The zero-order chi connectivity index (χ0) is 21.8. The van der Waals surface area contributed by atoms with E-state index in [1.165, 1.54) is 11.0 Å². The number of aliphatic hydroxyl groups is 1. The molecule has 156 valence electrons. The van der Waals surface area contributed by atoms with Crippen LogP contribution in [0.3, 0.4) is 0 Å². The van der Waals surface area contributed by atoms with E-state index in [1.54, 1.807) is 24.3 Å². The normalized spacial score (nSPS) is 16.9. The van der Waals surface area contributed by atoms with E-state index in [-0.39, 0.29) is 5.57 Å². The second-order valence-corrected chi connectivity index (χ2v) is 8.06. The van der Waals surface area contributed by atoms with Crippen molar-refractivity contribution in [3.8, 4) is 0 Å². The molecule has 2 aromatic rings. The first-order chi connectivity index (χ1) is 14.3. The SMILES string of the molecule is CN(C)CCN1C(=O)C(O)=C(C(=O)/C=C/c2ccccc2)C1c1ccc(Cl)c(Cl)c1. The zero-order valence-corrected chi connectivity index (χ0v) is 18.2. The van der Waals surface area contributed by atoms with Crippen LogP contribution in [-0.4, -0.2) is 53.8 Å². The summed E-state index contributed by atoms with van der Waals surface area (Å²) >= 11 is 12.2. The molecule has 1 amide bonds. The van der Waals surface area contributed by atoms with Crippen LogP contribution in [0, 0.1) is 0 Å². The van der Waals surface area contributed by atoms with Crippen molar-refractivity contribution in [1.29, 1.82) is 0 Å². The van der Waals surface area contributed by atoms with Gasteiger partial charge in [-0.15, -0.1) is 0 Å². The standard InChI is InChI=1S/C23H22Cl2N2O3/c1-26(2)12-13-27-21(16-9-10-17(24)18(25)14-16)20(22(29)23(27)30)19(28)11-8-15-6-4-3-5-7-15/h3-11,14,21,29H,12-13H2,1-2H3/b11-8+. The maximum Gasteiger partial charge on any atom is 0.290 e. The molecule has 2 aromatic carbocycles. The number of ketones is 1. The molecule has 0 spiro atoms. The molecule has 0 bridgehead atoms. The van der Waals surface area contributed by atoms with Gasteiger partial charge in [0.15, 0.2) is 11.5 Å². The summed E-state index contributed by atoms with van der Waals surface area (Å²) in [6.07, 6.45) is 3.02. The van der Waals surface area contributed by atoms with Crippen molar-refractivity contribution in [3.05, 3.63) is 87.1 Å². The third kappa shape index (κ3) is 4.75. The van der Waals surface area contributed by atoms with Crippen LogP contribution in [0.5, 0.6) is 0 Å². The van der Waals surface area contributed by atoms with Gasteiger partial charge in [0.25, 0.3) is 5.91 Å². The molecule has 0 saturated heterocycles. The van der Waals surface area contributed by atoms with E-state index in [0.29, 0.717) is 28.7 Å². The van der Waals surface area contributed by atoms with Crippen molar-refractivity contribution in [2.24, 2.45) is 0 Å². The number of hydrogen-bond donors (Lipinski definition) is 1. The van der Waals surface area contributed by atoms with E-state index in [9.17, 15) is 14.7 Å². The topological polar surface area (TPSA) is 60.9 Å². The number of likely N-dealkylation sites (N-methyl/N-ethyl adjacent to an activating group) is 1. The van der Waals surface area contributed by atoms with Crippen LogP contribution in [0.1, 0.15) is 17.2 Å². The number of aliphatic hydroxyl groups excluding tert-OH is 1. The molecule has 30 heavy (non-hydrogen) atoms. The van der Waals surface area contributed by atoms with Gasteiger partial charge in [-0.05, 0) is 43.4 Å². The zero-order valence-electron chi connectivity index (χ0n) is 16.7. The molecule has 5 nitrogen and oxygen atoms in total. The minimum Gasteiger partial charge on any atom is -0.503 e. The highest BCUT2D eigenvalue weighted by molar-refractivity contribution is 6.42. The molecule has 1 N–H and O–H groups in total. The smallest absolute Gasteiger partial charge is 0.290 e. The molecular weight excluding hydrogens is 423 g/mol. The van der Waals surface area contributed by atoms with Crippen molar-refractivity contribution < 1.29 is 14.7 Å². The van der Waals surface area contributed by atoms with Crippen molar-refractivity contribution in [2.75, 3.05) is 27.2 Å². The van der Waals surface area contributed by atoms with Gasteiger partial charge in [0, 0.05) is 13.1 Å². The first-order valence-electron chi connectivity index (χ1n) is 9.41. The highest BCUT2D eigenvalue weighted by Crippen LogP contribution is 2.39. The van der Waals surface area contributed by atoms with Crippen molar-refractivity contribution in [1.82, 2.24) is 9.80 Å². The molecule has 0 aromatic heterocycles. The Hall–Kier alpha value is -2.60. The summed E-state index contributed by atoms with van der Waals surface area (Å²) in [6, 6.07) is 13.5. The Morgan fingerprint density at radius 1 is 1.13 bits per heavy atom. The summed E-state index contributed by atoms with van der Waals surface area (Å²) in [6.45, 7) is 0.901. The molecular formula is C23H22Cl2N2O3. The lowest BCUT2D eigenvalue weighted by Gasteiger charge is -2.28. The molecule has 1 aliphatic rings. The summed E-state index contributed by atoms with van der Waals surface area (Å²) in [7, 11) is 3.77. The Bertz CT molecular complexity index is 1020. The minimum atomic E-state index is -0.750. The lowest BCUT2D eigenvalue weighted by atomic mass is 9.95. The molecule has 0 radical (unpaired) electrons. The lowest BCUT2D eigenvalue weighted by molar-refractivity contribution is -0.129. The van der Waals surface area contributed by atoms with Crippen LogP contribution in [0.25, 0.3) is 6.08 Å². The molecule has 1 unspecified atom stereocenters. The van der Waals surface area contributed by atoms with Crippen LogP contribution in [0.15, 0.2) is 65.9 Å². The number of halogens is 2. The van der Waals surface area contributed by atoms with Crippen LogP contribution in [0.2, 0.25) is 10.0 Å². The fourth-order valence-corrected chi connectivity index (χ4v) is 3.61. The highest BCUT2D eigenvalue weighted by Gasteiger charge is 2.42. The number of hydrogen-bond acceptors (Lipinski definition) is 4. The predicted molar refractivity (Wildman–Crippen MR) is 120 cm³/mol. The second kappa shape index (κ2) is 9.47. The predicted octanol–water partition coefficient (Wildman–Crippen LogP) is 4.53. The summed E-state index contributed by atoms with van der Waals surface area (Å²) in [4.78, 5) is 29.3. The van der Waals surface area contributed by atoms with Gasteiger partial charge < -0.3 is 14.9 Å². The summed E-state index contributed by atoms with van der Waals surface area (Å²) in [5.41, 5.74) is 1.48. The third-order valence-electron chi connectivity index (χ3n) is 4.84. The summed E-state index contributed by atoms with van der Waals surface area (Å²) in [5.74, 6) is -1.55. The maximum absolute atomic E-state index is 13.0. The summed E-state index contributed by atoms with van der Waals surface area (Å²) < 4.78 is 0. The average molecular weight is 445 g/mol. The third-order valence-corrected chi connectivity index (χ3v) is 5.58. The molecule has 0 fully saturated rings. The van der Waals surface area contributed by atoms with Crippen LogP contribution in [0.4, 0.5) is 0 Å². The highest BCUT2D eigenvalue weighted by atomic mass is 35.5. The van der Waals surface area contributed by atoms with Crippen LogP contribution >= 0.6 is 23.2 Å². The van der Waals surface area contributed by atoms with Crippen molar-refractivity contribution in [2.45, 2.75) is 6.04 Å². The van der Waals surface area contributed by atoms with E-state index in [4.69, 9.17) is 23.2 Å². The maximum atomic E-state index is 13.0. The second-order valence-electron chi connectivity index (χ2n) is 7.25. The van der Waals surface area contributed by atoms with Gasteiger partial charge in [-0.2, -0.15) is 0 Å². The molecule has 1 atom stereocenters. The fourth-order valence-electron chi connectivity index (χ4n) is 3.30. The van der Waals surface area contributed by atoms with E-state index >= 15 is 0 Å². The molecule has 7 heteroatoms. The first kappa shape index (κ1) is 22.1.